The summed E-state index contributed by atoms with van der Waals surface area (Å²) in [6.45, 7) is 0. The molecule has 0 N–H and O–H groups in total. The highest BCUT2D eigenvalue weighted by Crippen LogP contribution is 2.20. The summed E-state index contributed by atoms with van der Waals surface area (Å²) in [7, 11) is 1.39. The summed E-state index contributed by atoms with van der Waals surface area (Å²) in [6, 6.07) is 0. The Labute approximate surface area is 69.9 Å². The third kappa shape index (κ3) is 3.31. The molecule has 1 aliphatic rings. The minimum Gasteiger partial charge on any atom is -0.272 e. The highest BCUT2D eigenvalue weighted by molar-refractivity contribution is 7.75. The Morgan fingerprint density at radius 1 is 1.27 bits per heavy atom. The predicted molar refractivity (Wildman–Crippen MR) is 43.1 cm³/mol. The van der Waals surface area contributed by atoms with Crippen molar-refractivity contribution in [3.8, 4) is 0 Å². The van der Waals surface area contributed by atoms with Gasteiger partial charge < -0.3 is 0 Å². The van der Waals surface area contributed by atoms with Crippen LogP contribution in [0.3, 0.4) is 0 Å². The zero-order chi connectivity index (χ0) is 8.10. The maximum atomic E-state index is 10.7. The molecule has 1 aliphatic carbocycles. The number of hydrogen-bond donors (Lipinski definition) is 0. The fraction of sp³-hybridized carbons (Fsp3) is 1.00. The summed E-state index contributed by atoms with van der Waals surface area (Å²) < 4.78 is 20.3. The van der Waals surface area contributed by atoms with Crippen LogP contribution in [0.15, 0.2) is 0 Å². The van der Waals surface area contributed by atoms with Gasteiger partial charge in [0.1, 0.15) is 0 Å². The van der Waals surface area contributed by atoms with Gasteiger partial charge in [-0.1, -0.05) is 19.3 Å². The second kappa shape index (κ2) is 4.85. The molecule has 0 aromatic heterocycles. The van der Waals surface area contributed by atoms with Crippen molar-refractivity contribution in [2.45, 2.75) is 38.2 Å². The van der Waals surface area contributed by atoms with Gasteiger partial charge in [0.2, 0.25) is 0 Å². The summed E-state index contributed by atoms with van der Waals surface area (Å²) in [5.74, 6) is 0. The summed E-state index contributed by atoms with van der Waals surface area (Å²) in [5.41, 5.74) is 0. The number of hydrogen-bond acceptors (Lipinski definition) is 3. The van der Waals surface area contributed by atoms with Gasteiger partial charge in [-0.3, -0.25) is 8.37 Å². The van der Waals surface area contributed by atoms with Crippen LogP contribution in [0.5, 0.6) is 0 Å². The third-order valence-electron chi connectivity index (χ3n) is 1.90. The Morgan fingerprint density at radius 2 is 1.91 bits per heavy atom. The average Bonchev–Trinajstić information content (AvgIpc) is 2.06. The van der Waals surface area contributed by atoms with Gasteiger partial charge in [-0.2, -0.15) is 4.21 Å². The molecule has 0 aliphatic heterocycles. The lowest BCUT2D eigenvalue weighted by atomic mass is 9.98. The number of rotatable bonds is 3. The molecular weight excluding hydrogens is 164 g/mol. The maximum Gasteiger partial charge on any atom is 0.304 e. The van der Waals surface area contributed by atoms with Gasteiger partial charge in [0.25, 0.3) is 0 Å². The van der Waals surface area contributed by atoms with E-state index in [0.717, 1.165) is 12.8 Å². The van der Waals surface area contributed by atoms with Crippen molar-refractivity contribution in [1.82, 2.24) is 0 Å². The molecule has 0 heterocycles. The van der Waals surface area contributed by atoms with Gasteiger partial charge in [-0.15, -0.1) is 0 Å². The van der Waals surface area contributed by atoms with Crippen LogP contribution in [0, 0.1) is 0 Å². The first kappa shape index (κ1) is 9.16. The van der Waals surface area contributed by atoms with E-state index in [1.54, 1.807) is 0 Å². The molecule has 0 spiro atoms. The molecular formula is C7H14O3S. The highest BCUT2D eigenvalue weighted by Gasteiger charge is 2.16. The van der Waals surface area contributed by atoms with Crippen LogP contribution in [-0.2, 0) is 19.7 Å². The summed E-state index contributed by atoms with van der Waals surface area (Å²) in [5, 5.41) is 0. The molecule has 1 atom stereocenters. The van der Waals surface area contributed by atoms with E-state index >= 15 is 0 Å². The zero-order valence-corrected chi connectivity index (χ0v) is 7.56. The van der Waals surface area contributed by atoms with Crippen LogP contribution in [0.2, 0.25) is 0 Å². The molecule has 11 heavy (non-hydrogen) atoms. The Bertz CT molecular complexity index is 132. The molecule has 0 amide bonds. The predicted octanol–water partition coefficient (Wildman–Crippen LogP) is 1.56. The van der Waals surface area contributed by atoms with Crippen molar-refractivity contribution in [3.63, 3.8) is 0 Å². The second-order valence-corrected chi connectivity index (χ2v) is 3.66. The van der Waals surface area contributed by atoms with E-state index < -0.39 is 11.4 Å². The van der Waals surface area contributed by atoms with Gasteiger partial charge >= 0.3 is 11.4 Å². The lowest BCUT2D eigenvalue weighted by Crippen LogP contribution is -2.18. The first-order valence-electron chi connectivity index (χ1n) is 3.96. The largest absolute Gasteiger partial charge is 0.304 e. The maximum absolute atomic E-state index is 10.7. The molecule has 0 bridgehead atoms. The normalized spacial score (nSPS) is 23.4. The fourth-order valence-corrected chi connectivity index (χ4v) is 1.80. The summed E-state index contributed by atoms with van der Waals surface area (Å²) in [4.78, 5) is 0. The molecule has 0 aromatic rings. The fourth-order valence-electron chi connectivity index (χ4n) is 1.31. The van der Waals surface area contributed by atoms with Crippen molar-refractivity contribution in [2.75, 3.05) is 7.11 Å². The summed E-state index contributed by atoms with van der Waals surface area (Å²) >= 11 is -1.52. The molecule has 1 saturated carbocycles. The van der Waals surface area contributed by atoms with Crippen LogP contribution in [0.25, 0.3) is 0 Å². The van der Waals surface area contributed by atoms with E-state index in [1.807, 2.05) is 0 Å². The van der Waals surface area contributed by atoms with E-state index in [9.17, 15) is 4.21 Å². The van der Waals surface area contributed by atoms with Gasteiger partial charge in [-0.05, 0) is 12.8 Å². The monoisotopic (exact) mass is 178 g/mol. The van der Waals surface area contributed by atoms with Gasteiger partial charge in [0.15, 0.2) is 0 Å². The molecule has 1 fully saturated rings. The topological polar surface area (TPSA) is 35.5 Å². The van der Waals surface area contributed by atoms with E-state index in [2.05, 4.69) is 4.18 Å². The highest BCUT2D eigenvalue weighted by atomic mass is 32.2. The Kier molecular flexibility index (Phi) is 4.04. The lowest BCUT2D eigenvalue weighted by Gasteiger charge is -2.19. The van der Waals surface area contributed by atoms with Crippen molar-refractivity contribution in [2.24, 2.45) is 0 Å². The molecule has 0 saturated heterocycles. The van der Waals surface area contributed by atoms with Crippen LogP contribution in [0.1, 0.15) is 32.1 Å². The van der Waals surface area contributed by atoms with E-state index in [1.165, 1.54) is 26.4 Å². The van der Waals surface area contributed by atoms with Crippen molar-refractivity contribution in [1.29, 1.82) is 0 Å². The van der Waals surface area contributed by atoms with E-state index in [0.29, 0.717) is 0 Å². The summed E-state index contributed by atoms with van der Waals surface area (Å²) in [6.07, 6.45) is 5.85. The van der Waals surface area contributed by atoms with Gasteiger partial charge in [-0.25, -0.2) is 0 Å². The van der Waals surface area contributed by atoms with Crippen LogP contribution in [0.4, 0.5) is 0 Å². The molecule has 1 rings (SSSR count). The molecule has 66 valence electrons. The molecule has 4 heteroatoms. The van der Waals surface area contributed by atoms with Crippen molar-refractivity contribution >= 4 is 11.4 Å². The minimum absolute atomic E-state index is 0.157. The smallest absolute Gasteiger partial charge is 0.272 e. The van der Waals surface area contributed by atoms with Crippen LogP contribution < -0.4 is 0 Å². The van der Waals surface area contributed by atoms with Crippen LogP contribution >= 0.6 is 0 Å². The first-order valence-corrected chi connectivity index (χ1v) is 4.96. The third-order valence-corrected chi connectivity index (χ3v) is 2.60. The molecule has 0 radical (unpaired) electrons. The Balaban J connectivity index is 2.19. The van der Waals surface area contributed by atoms with Crippen molar-refractivity contribution in [3.05, 3.63) is 0 Å². The van der Waals surface area contributed by atoms with Gasteiger partial charge in [0, 0.05) is 0 Å². The second-order valence-electron chi connectivity index (χ2n) is 2.73. The lowest BCUT2D eigenvalue weighted by molar-refractivity contribution is 0.152. The first-order chi connectivity index (χ1) is 5.33. The molecule has 0 aromatic carbocycles. The standard InChI is InChI=1S/C7H14O3S/c1-9-11(8)10-7-5-3-2-4-6-7/h7H,2-6H2,1H3. The van der Waals surface area contributed by atoms with Gasteiger partial charge in [0.05, 0.1) is 13.2 Å². The van der Waals surface area contributed by atoms with Crippen molar-refractivity contribution < 1.29 is 12.6 Å². The van der Waals surface area contributed by atoms with Crippen LogP contribution in [-0.4, -0.2) is 17.4 Å². The zero-order valence-electron chi connectivity index (χ0n) is 6.75. The van der Waals surface area contributed by atoms with E-state index in [-0.39, 0.29) is 6.10 Å². The van der Waals surface area contributed by atoms with E-state index in [4.69, 9.17) is 4.18 Å². The minimum atomic E-state index is -1.52. The Morgan fingerprint density at radius 3 is 2.45 bits per heavy atom. The molecule has 3 nitrogen and oxygen atoms in total. The molecule has 1 unspecified atom stereocenters. The average molecular weight is 178 g/mol. The quantitative estimate of drug-likeness (QED) is 0.658. The SMILES string of the molecule is COS(=O)OC1CCCCC1. The Hall–Kier alpha value is 0.0700.